The monoisotopic (exact) mass is 586 g/mol. The zero-order chi connectivity index (χ0) is 30.1. The minimum Gasteiger partial charge on any atom is -0.497 e. The molecule has 0 aliphatic carbocycles. The molecule has 220 valence electrons. The lowest BCUT2D eigenvalue weighted by Crippen LogP contribution is -2.49. The van der Waals surface area contributed by atoms with Gasteiger partial charge in [0.25, 0.3) is 11.8 Å². The van der Waals surface area contributed by atoms with Crippen molar-refractivity contribution in [2.45, 2.75) is 45.0 Å². The third-order valence-electron chi connectivity index (χ3n) is 7.06. The molecule has 0 unspecified atom stereocenters. The molecule has 0 radical (unpaired) electrons. The predicted molar refractivity (Wildman–Crippen MR) is 166 cm³/mol. The number of nitrogens with zero attached hydrogens (tertiary/aromatic N) is 2. The Balaban J connectivity index is 1.44. The standard InChI is InChI=1S/C33H38N4O4S/c1-22-21-42-31(35-22)20-37(3)33(40)27-14-8-13-26(17-27)32(39)36-29(16-24-10-6-5-7-11-24)30(38)19-34-23(2)25-12-9-15-28(18-25)41-4/h5-15,17-18,21,23,29-30,34,38H,16,19-20H2,1-4H3,(H,36,39)/t23-,29-,30+/m0/s1. The second-order valence-electron chi connectivity index (χ2n) is 10.4. The Morgan fingerprint density at radius 2 is 1.76 bits per heavy atom. The van der Waals surface area contributed by atoms with Crippen LogP contribution in [0.3, 0.4) is 0 Å². The number of methoxy groups -OCH3 is 1. The van der Waals surface area contributed by atoms with Crippen molar-refractivity contribution in [2.75, 3.05) is 20.7 Å². The highest BCUT2D eigenvalue weighted by Gasteiger charge is 2.24. The fourth-order valence-corrected chi connectivity index (χ4v) is 5.46. The molecule has 0 saturated carbocycles. The van der Waals surface area contributed by atoms with E-state index < -0.39 is 12.1 Å². The van der Waals surface area contributed by atoms with Crippen LogP contribution in [0.5, 0.6) is 5.75 Å². The van der Waals surface area contributed by atoms with Crippen molar-refractivity contribution in [1.82, 2.24) is 20.5 Å². The lowest BCUT2D eigenvalue weighted by atomic mass is 9.99. The van der Waals surface area contributed by atoms with E-state index in [2.05, 4.69) is 15.6 Å². The summed E-state index contributed by atoms with van der Waals surface area (Å²) in [6.45, 7) is 4.58. The number of aromatic nitrogens is 1. The fourth-order valence-electron chi connectivity index (χ4n) is 4.64. The van der Waals surface area contributed by atoms with Crippen LogP contribution in [-0.2, 0) is 13.0 Å². The van der Waals surface area contributed by atoms with E-state index in [0.717, 1.165) is 27.6 Å². The van der Waals surface area contributed by atoms with Crippen molar-refractivity contribution >= 4 is 23.2 Å². The van der Waals surface area contributed by atoms with Gasteiger partial charge < -0.3 is 25.4 Å². The molecule has 42 heavy (non-hydrogen) atoms. The van der Waals surface area contributed by atoms with Crippen molar-refractivity contribution in [2.24, 2.45) is 0 Å². The molecule has 0 aliphatic heterocycles. The predicted octanol–water partition coefficient (Wildman–Crippen LogP) is 4.79. The van der Waals surface area contributed by atoms with Crippen LogP contribution in [0.2, 0.25) is 0 Å². The Kier molecular flexibility index (Phi) is 10.8. The molecule has 3 aromatic carbocycles. The second-order valence-corrected chi connectivity index (χ2v) is 11.3. The van der Waals surface area contributed by atoms with Crippen molar-refractivity contribution in [3.63, 3.8) is 0 Å². The van der Waals surface area contributed by atoms with E-state index >= 15 is 0 Å². The molecule has 2 amide bonds. The van der Waals surface area contributed by atoms with Gasteiger partial charge in [-0.05, 0) is 61.7 Å². The topological polar surface area (TPSA) is 104 Å². The molecule has 3 atom stereocenters. The first-order valence-electron chi connectivity index (χ1n) is 13.9. The molecular weight excluding hydrogens is 548 g/mol. The van der Waals surface area contributed by atoms with E-state index in [-0.39, 0.29) is 24.4 Å². The summed E-state index contributed by atoms with van der Waals surface area (Å²) in [5.41, 5.74) is 3.70. The van der Waals surface area contributed by atoms with Gasteiger partial charge >= 0.3 is 0 Å². The molecule has 0 spiro atoms. The van der Waals surface area contributed by atoms with Gasteiger partial charge in [0.05, 0.1) is 25.8 Å². The van der Waals surface area contributed by atoms with Crippen LogP contribution in [0.15, 0.2) is 84.2 Å². The second kappa shape index (κ2) is 14.7. The van der Waals surface area contributed by atoms with Gasteiger partial charge in [0.2, 0.25) is 0 Å². The Hall–Kier alpha value is -4.05. The number of aliphatic hydroxyl groups excluding tert-OH is 1. The maximum absolute atomic E-state index is 13.4. The highest BCUT2D eigenvalue weighted by molar-refractivity contribution is 7.09. The third kappa shape index (κ3) is 8.48. The number of nitrogens with one attached hydrogen (secondary N) is 2. The highest BCUT2D eigenvalue weighted by Crippen LogP contribution is 2.19. The van der Waals surface area contributed by atoms with Gasteiger partial charge in [-0.25, -0.2) is 4.98 Å². The fraction of sp³-hybridized carbons (Fsp3) is 0.303. The van der Waals surface area contributed by atoms with Gasteiger partial charge in [-0.3, -0.25) is 9.59 Å². The minimum absolute atomic E-state index is 0.0456. The van der Waals surface area contributed by atoms with E-state index in [1.807, 2.05) is 73.8 Å². The summed E-state index contributed by atoms with van der Waals surface area (Å²) in [5, 5.41) is 20.5. The quantitative estimate of drug-likeness (QED) is 0.208. The van der Waals surface area contributed by atoms with Crippen LogP contribution in [-0.4, -0.2) is 59.7 Å². The SMILES string of the molecule is COc1cccc([C@H](C)NC[C@@H](O)[C@H](Cc2ccccc2)NC(=O)c2cccc(C(=O)N(C)Cc3nc(C)cs3)c2)c1. The Morgan fingerprint density at radius 3 is 2.48 bits per heavy atom. The van der Waals surface area contributed by atoms with Crippen LogP contribution in [0.4, 0.5) is 0 Å². The molecule has 9 heteroatoms. The number of rotatable bonds is 13. The molecule has 1 aromatic heterocycles. The van der Waals surface area contributed by atoms with E-state index in [4.69, 9.17) is 4.74 Å². The number of aliphatic hydroxyl groups is 1. The van der Waals surface area contributed by atoms with E-state index in [1.54, 1.807) is 43.3 Å². The van der Waals surface area contributed by atoms with Crippen LogP contribution in [0, 0.1) is 6.92 Å². The number of hydrogen-bond donors (Lipinski definition) is 3. The van der Waals surface area contributed by atoms with Crippen molar-refractivity contribution in [1.29, 1.82) is 0 Å². The maximum Gasteiger partial charge on any atom is 0.253 e. The zero-order valence-electron chi connectivity index (χ0n) is 24.4. The average molecular weight is 587 g/mol. The summed E-state index contributed by atoms with van der Waals surface area (Å²) < 4.78 is 5.33. The van der Waals surface area contributed by atoms with Crippen LogP contribution in [0.25, 0.3) is 0 Å². The Labute approximate surface area is 251 Å². The summed E-state index contributed by atoms with van der Waals surface area (Å²) in [6, 6.07) is 23.6. The highest BCUT2D eigenvalue weighted by atomic mass is 32.1. The van der Waals surface area contributed by atoms with Gasteiger partial charge in [-0.1, -0.05) is 48.5 Å². The summed E-state index contributed by atoms with van der Waals surface area (Å²) in [7, 11) is 3.35. The molecule has 0 bridgehead atoms. The Morgan fingerprint density at radius 1 is 1.02 bits per heavy atom. The molecule has 4 aromatic rings. The van der Waals surface area contributed by atoms with Crippen molar-refractivity contribution < 1.29 is 19.4 Å². The molecule has 8 nitrogen and oxygen atoms in total. The van der Waals surface area contributed by atoms with Gasteiger partial charge in [0, 0.05) is 41.8 Å². The number of carbonyl (C=O) groups is 2. The first-order valence-corrected chi connectivity index (χ1v) is 14.8. The van der Waals surface area contributed by atoms with Gasteiger partial charge in [-0.15, -0.1) is 11.3 Å². The molecule has 0 saturated heterocycles. The Bertz CT molecular complexity index is 1480. The molecular formula is C33H38N4O4S. The summed E-state index contributed by atoms with van der Waals surface area (Å²) in [4.78, 5) is 32.6. The molecule has 1 heterocycles. The average Bonchev–Trinajstić information content (AvgIpc) is 3.43. The first-order chi connectivity index (χ1) is 20.2. The number of amides is 2. The number of hydrogen-bond acceptors (Lipinski definition) is 7. The minimum atomic E-state index is -0.875. The van der Waals surface area contributed by atoms with E-state index in [1.165, 1.54) is 11.3 Å². The van der Waals surface area contributed by atoms with Gasteiger partial charge in [-0.2, -0.15) is 0 Å². The summed E-state index contributed by atoms with van der Waals surface area (Å²) in [6.07, 6.45) is -0.433. The van der Waals surface area contributed by atoms with Crippen molar-refractivity contribution in [3.05, 3.63) is 117 Å². The lowest BCUT2D eigenvalue weighted by molar-refractivity contribution is 0.0784. The number of ether oxygens (including phenoxy) is 1. The van der Waals surface area contributed by atoms with E-state index in [9.17, 15) is 14.7 Å². The summed E-state index contributed by atoms with van der Waals surface area (Å²) in [5.74, 6) is 0.207. The summed E-state index contributed by atoms with van der Waals surface area (Å²) >= 11 is 1.51. The maximum atomic E-state index is 13.4. The smallest absolute Gasteiger partial charge is 0.253 e. The molecule has 0 aliphatic rings. The van der Waals surface area contributed by atoms with Gasteiger partial charge in [0.1, 0.15) is 10.8 Å². The van der Waals surface area contributed by atoms with E-state index in [0.29, 0.717) is 24.1 Å². The van der Waals surface area contributed by atoms with Gasteiger partial charge in [0.15, 0.2) is 0 Å². The third-order valence-corrected chi connectivity index (χ3v) is 8.02. The lowest BCUT2D eigenvalue weighted by Gasteiger charge is -2.26. The number of benzene rings is 3. The number of thiazole rings is 1. The van der Waals surface area contributed by atoms with Crippen LogP contribution in [0.1, 0.15) is 55.5 Å². The number of carbonyl (C=O) groups excluding carboxylic acids is 2. The molecule has 4 rings (SSSR count). The zero-order valence-corrected chi connectivity index (χ0v) is 25.2. The van der Waals surface area contributed by atoms with Crippen molar-refractivity contribution in [3.8, 4) is 5.75 Å². The molecule has 3 N–H and O–H groups in total. The normalized spacial score (nSPS) is 13.2. The largest absolute Gasteiger partial charge is 0.497 e. The molecule has 0 fully saturated rings. The first kappa shape index (κ1) is 30.9. The van der Waals surface area contributed by atoms with Crippen LogP contribution >= 0.6 is 11.3 Å². The number of aryl methyl sites for hydroxylation is 1. The van der Waals surface area contributed by atoms with Crippen LogP contribution < -0.4 is 15.4 Å².